The topological polar surface area (TPSA) is 12.0 Å². The molecule has 1 saturated carbocycles. The lowest BCUT2D eigenvalue weighted by Crippen LogP contribution is -2.17. The molecular formula is C15H20F3N. The van der Waals surface area contributed by atoms with E-state index in [1.165, 1.54) is 18.6 Å². The van der Waals surface area contributed by atoms with E-state index in [0.29, 0.717) is 17.6 Å². The minimum Gasteiger partial charge on any atom is -0.382 e. The second-order valence-corrected chi connectivity index (χ2v) is 5.46. The van der Waals surface area contributed by atoms with E-state index in [2.05, 4.69) is 12.2 Å². The predicted molar refractivity (Wildman–Crippen MR) is 71.2 cm³/mol. The number of alkyl halides is 3. The lowest BCUT2D eigenvalue weighted by molar-refractivity contribution is -0.137. The van der Waals surface area contributed by atoms with Gasteiger partial charge in [0, 0.05) is 11.7 Å². The second-order valence-electron chi connectivity index (χ2n) is 5.46. The minimum absolute atomic E-state index is 0.312. The standard InChI is InChI=1S/C15H20F3N/c1-3-11-5-7-13(8-11)19-14-9-12(15(16,17)18)6-4-10(14)2/h4,6,9,11,13,19H,3,5,7-8H2,1-2H3. The fourth-order valence-corrected chi connectivity index (χ4v) is 2.75. The van der Waals surface area contributed by atoms with Gasteiger partial charge in [0.05, 0.1) is 5.56 Å². The molecule has 1 nitrogen and oxygen atoms in total. The van der Waals surface area contributed by atoms with E-state index in [-0.39, 0.29) is 0 Å². The molecule has 1 N–H and O–H groups in total. The maximum Gasteiger partial charge on any atom is 0.416 e. The largest absolute Gasteiger partial charge is 0.416 e. The molecule has 0 aromatic heterocycles. The maximum atomic E-state index is 12.7. The maximum absolute atomic E-state index is 12.7. The first-order valence-corrected chi connectivity index (χ1v) is 6.84. The van der Waals surface area contributed by atoms with Crippen molar-refractivity contribution in [3.8, 4) is 0 Å². The van der Waals surface area contributed by atoms with Gasteiger partial charge in [-0.1, -0.05) is 19.4 Å². The zero-order valence-electron chi connectivity index (χ0n) is 11.3. The van der Waals surface area contributed by atoms with Crippen LogP contribution in [0.4, 0.5) is 18.9 Å². The molecule has 0 heterocycles. The Labute approximate surface area is 112 Å². The first kappa shape index (κ1) is 14.2. The van der Waals surface area contributed by atoms with Crippen LogP contribution in [-0.2, 0) is 6.18 Å². The molecule has 1 aliphatic carbocycles. The highest BCUT2D eigenvalue weighted by atomic mass is 19.4. The Morgan fingerprint density at radius 1 is 1.26 bits per heavy atom. The quantitative estimate of drug-likeness (QED) is 0.815. The molecule has 2 rings (SSSR count). The molecule has 2 unspecified atom stereocenters. The van der Waals surface area contributed by atoms with Gasteiger partial charge in [0.1, 0.15) is 0 Å². The Kier molecular flexibility index (Phi) is 4.07. The van der Waals surface area contributed by atoms with E-state index >= 15 is 0 Å². The first-order valence-electron chi connectivity index (χ1n) is 6.84. The molecule has 1 aromatic rings. The van der Waals surface area contributed by atoms with Crippen molar-refractivity contribution in [3.05, 3.63) is 29.3 Å². The van der Waals surface area contributed by atoms with Crippen LogP contribution < -0.4 is 5.32 Å². The summed E-state index contributed by atoms with van der Waals surface area (Å²) in [5, 5.41) is 3.29. The second kappa shape index (κ2) is 5.43. The summed E-state index contributed by atoms with van der Waals surface area (Å²) in [5.74, 6) is 0.712. The Balaban J connectivity index is 2.12. The Morgan fingerprint density at radius 3 is 2.58 bits per heavy atom. The fourth-order valence-electron chi connectivity index (χ4n) is 2.75. The Bertz CT molecular complexity index is 440. The van der Waals surface area contributed by atoms with Gasteiger partial charge in [0.15, 0.2) is 0 Å². The number of halogens is 3. The molecule has 0 bridgehead atoms. The van der Waals surface area contributed by atoms with Crippen molar-refractivity contribution >= 4 is 5.69 Å². The third kappa shape index (κ3) is 3.43. The molecule has 1 aromatic carbocycles. The molecule has 4 heteroatoms. The normalized spacial score (nSPS) is 23.6. The van der Waals surface area contributed by atoms with Gasteiger partial charge < -0.3 is 5.32 Å². The number of rotatable bonds is 3. The van der Waals surface area contributed by atoms with Crippen LogP contribution in [0.1, 0.15) is 43.7 Å². The monoisotopic (exact) mass is 271 g/mol. The van der Waals surface area contributed by atoms with Crippen LogP contribution in [0.3, 0.4) is 0 Å². The lowest BCUT2D eigenvalue weighted by Gasteiger charge is -2.18. The van der Waals surface area contributed by atoms with Gasteiger partial charge in [-0.25, -0.2) is 0 Å². The molecule has 1 fully saturated rings. The van der Waals surface area contributed by atoms with Gasteiger partial charge in [0.25, 0.3) is 0 Å². The van der Waals surface area contributed by atoms with Crippen molar-refractivity contribution in [1.29, 1.82) is 0 Å². The highest BCUT2D eigenvalue weighted by Gasteiger charge is 2.31. The predicted octanol–water partition coefficient (Wildman–Crippen LogP) is 5.00. The number of aryl methyl sites for hydroxylation is 1. The molecule has 0 radical (unpaired) electrons. The zero-order chi connectivity index (χ0) is 14.0. The van der Waals surface area contributed by atoms with Crippen molar-refractivity contribution in [2.24, 2.45) is 5.92 Å². The molecule has 0 saturated heterocycles. The summed E-state index contributed by atoms with van der Waals surface area (Å²) in [4.78, 5) is 0. The Morgan fingerprint density at radius 2 is 2.00 bits per heavy atom. The molecule has 0 amide bonds. The number of nitrogens with one attached hydrogen (secondary N) is 1. The molecule has 19 heavy (non-hydrogen) atoms. The van der Waals surface area contributed by atoms with E-state index in [9.17, 15) is 13.2 Å². The summed E-state index contributed by atoms with van der Waals surface area (Å²) in [5.41, 5.74) is 0.912. The number of benzene rings is 1. The van der Waals surface area contributed by atoms with E-state index < -0.39 is 11.7 Å². The van der Waals surface area contributed by atoms with Crippen LogP contribution in [0.25, 0.3) is 0 Å². The summed E-state index contributed by atoms with van der Waals surface area (Å²) in [6.45, 7) is 4.01. The number of hydrogen-bond donors (Lipinski definition) is 1. The van der Waals surface area contributed by atoms with Crippen LogP contribution in [-0.4, -0.2) is 6.04 Å². The summed E-state index contributed by atoms with van der Waals surface area (Å²) < 4.78 is 38.1. The molecule has 0 aliphatic heterocycles. The van der Waals surface area contributed by atoms with Crippen LogP contribution in [0.5, 0.6) is 0 Å². The van der Waals surface area contributed by atoms with Crippen LogP contribution in [0, 0.1) is 12.8 Å². The van der Waals surface area contributed by atoms with Crippen LogP contribution >= 0.6 is 0 Å². The first-order chi connectivity index (χ1) is 8.90. The van der Waals surface area contributed by atoms with Crippen LogP contribution in [0.15, 0.2) is 18.2 Å². The fraction of sp³-hybridized carbons (Fsp3) is 0.600. The molecule has 106 valence electrons. The van der Waals surface area contributed by atoms with Crippen LogP contribution in [0.2, 0.25) is 0 Å². The summed E-state index contributed by atoms with van der Waals surface area (Å²) >= 11 is 0. The van der Waals surface area contributed by atoms with Gasteiger partial charge in [-0.15, -0.1) is 0 Å². The molecule has 0 spiro atoms. The number of hydrogen-bond acceptors (Lipinski definition) is 1. The lowest BCUT2D eigenvalue weighted by atomic mass is 10.0. The Hall–Kier alpha value is -1.19. The minimum atomic E-state index is -4.27. The molecular weight excluding hydrogens is 251 g/mol. The van der Waals surface area contributed by atoms with Gasteiger partial charge in [-0.3, -0.25) is 0 Å². The van der Waals surface area contributed by atoms with Crippen molar-refractivity contribution < 1.29 is 13.2 Å². The molecule has 2 atom stereocenters. The van der Waals surface area contributed by atoms with Crippen molar-refractivity contribution in [2.45, 2.75) is 51.7 Å². The van der Waals surface area contributed by atoms with Gasteiger partial charge in [-0.2, -0.15) is 13.2 Å². The summed E-state index contributed by atoms with van der Waals surface area (Å²) in [6, 6.07) is 4.22. The smallest absolute Gasteiger partial charge is 0.382 e. The van der Waals surface area contributed by atoms with Crippen molar-refractivity contribution in [1.82, 2.24) is 0 Å². The average Bonchev–Trinajstić information content (AvgIpc) is 2.78. The van der Waals surface area contributed by atoms with E-state index in [0.717, 1.165) is 30.9 Å². The highest BCUT2D eigenvalue weighted by Crippen LogP contribution is 2.34. The highest BCUT2D eigenvalue weighted by molar-refractivity contribution is 5.54. The van der Waals surface area contributed by atoms with Crippen molar-refractivity contribution in [3.63, 3.8) is 0 Å². The van der Waals surface area contributed by atoms with Gasteiger partial charge in [-0.05, 0) is 49.8 Å². The average molecular weight is 271 g/mol. The van der Waals surface area contributed by atoms with E-state index in [1.54, 1.807) is 0 Å². The molecule has 1 aliphatic rings. The third-order valence-corrected chi connectivity index (χ3v) is 4.04. The SMILES string of the molecule is CCC1CCC(Nc2cc(C(F)(F)F)ccc2C)C1. The number of anilines is 1. The van der Waals surface area contributed by atoms with E-state index in [4.69, 9.17) is 0 Å². The summed E-state index contributed by atoms with van der Waals surface area (Å²) in [7, 11) is 0. The van der Waals surface area contributed by atoms with Gasteiger partial charge in [0.2, 0.25) is 0 Å². The third-order valence-electron chi connectivity index (χ3n) is 4.04. The van der Waals surface area contributed by atoms with Crippen molar-refractivity contribution in [2.75, 3.05) is 5.32 Å². The van der Waals surface area contributed by atoms with Gasteiger partial charge >= 0.3 is 6.18 Å². The zero-order valence-corrected chi connectivity index (χ0v) is 11.3. The summed E-state index contributed by atoms with van der Waals surface area (Å²) in [6.07, 6.45) is 0.165. The van der Waals surface area contributed by atoms with E-state index in [1.807, 2.05) is 6.92 Å².